The van der Waals surface area contributed by atoms with Crippen LogP contribution in [0.25, 0.3) is 0 Å². The zero-order valence-electron chi connectivity index (χ0n) is 11.1. The molecule has 0 radical (unpaired) electrons. The van der Waals surface area contributed by atoms with Crippen molar-refractivity contribution in [2.75, 3.05) is 18.8 Å². The Balaban J connectivity index is 3.32. The number of rotatable bonds is 5. The molecule has 1 atom stereocenters. The van der Waals surface area contributed by atoms with E-state index in [9.17, 15) is 8.42 Å². The molecule has 1 aromatic carbocycles. The Kier molecular flexibility index (Phi) is 5.66. The zero-order valence-corrected chi connectivity index (χ0v) is 13.4. The summed E-state index contributed by atoms with van der Waals surface area (Å²) < 4.78 is 26.3. The van der Waals surface area contributed by atoms with Crippen molar-refractivity contribution < 1.29 is 8.42 Å². The third kappa shape index (κ3) is 3.55. The minimum atomic E-state index is -3.87. The molecule has 1 unspecified atom stereocenters. The van der Waals surface area contributed by atoms with Crippen LogP contribution in [0.15, 0.2) is 17.0 Å². The summed E-state index contributed by atoms with van der Waals surface area (Å²) >= 11 is 11.9. The fourth-order valence-electron chi connectivity index (χ4n) is 1.70. The molecule has 0 heterocycles. The maximum absolute atomic E-state index is 12.6. The van der Waals surface area contributed by atoms with Gasteiger partial charge in [0.25, 0.3) is 0 Å². The van der Waals surface area contributed by atoms with Crippen LogP contribution in [0.3, 0.4) is 0 Å². The Labute approximate surface area is 128 Å². The first-order chi connectivity index (χ1) is 9.23. The van der Waals surface area contributed by atoms with E-state index in [4.69, 9.17) is 34.2 Å². The summed E-state index contributed by atoms with van der Waals surface area (Å²) in [5, 5.41) is 8.76. The zero-order chi connectivity index (χ0) is 15.5. The van der Waals surface area contributed by atoms with Gasteiger partial charge in [0.15, 0.2) is 0 Å². The predicted molar refractivity (Wildman–Crippen MR) is 80.1 cm³/mol. The Morgan fingerprint density at radius 2 is 1.90 bits per heavy atom. The standard InChI is InChI=1S/C12H15Cl2N3O2S/c1-3-17(7-8(2)6-15)20(18,19)12-10(13)4-9(16)5-11(12)14/h4-5,8H,3,7,16H2,1-2H3. The fourth-order valence-corrected chi connectivity index (χ4v) is 4.42. The lowest BCUT2D eigenvalue weighted by Gasteiger charge is -2.22. The summed E-state index contributed by atoms with van der Waals surface area (Å²) in [6.45, 7) is 3.61. The lowest BCUT2D eigenvalue weighted by molar-refractivity contribution is 0.400. The second kappa shape index (κ2) is 6.64. The first kappa shape index (κ1) is 17.1. The normalized spacial score (nSPS) is 13.2. The number of nitrogens with zero attached hydrogens (tertiary/aromatic N) is 2. The Hall–Kier alpha value is -1.00. The molecule has 2 N–H and O–H groups in total. The van der Waals surface area contributed by atoms with Crippen LogP contribution >= 0.6 is 23.2 Å². The number of benzene rings is 1. The molecule has 0 saturated heterocycles. The van der Waals surface area contributed by atoms with Gasteiger partial charge in [0.1, 0.15) is 4.90 Å². The van der Waals surface area contributed by atoms with Crippen molar-refractivity contribution in [1.29, 1.82) is 5.26 Å². The monoisotopic (exact) mass is 335 g/mol. The van der Waals surface area contributed by atoms with Crippen molar-refractivity contribution in [2.24, 2.45) is 5.92 Å². The molecule has 1 aromatic rings. The number of hydrogen-bond acceptors (Lipinski definition) is 4. The van der Waals surface area contributed by atoms with Crippen LogP contribution < -0.4 is 5.73 Å². The number of halogens is 2. The first-order valence-electron chi connectivity index (χ1n) is 5.88. The third-order valence-electron chi connectivity index (χ3n) is 2.67. The molecule has 8 heteroatoms. The molecular weight excluding hydrogens is 321 g/mol. The van der Waals surface area contributed by atoms with Gasteiger partial charge >= 0.3 is 0 Å². The molecule has 0 fully saturated rings. The van der Waals surface area contributed by atoms with E-state index < -0.39 is 15.9 Å². The SMILES string of the molecule is CCN(CC(C)C#N)S(=O)(=O)c1c(Cl)cc(N)cc1Cl. The molecule has 0 amide bonds. The molecular formula is C12H15Cl2N3O2S. The third-order valence-corrected chi connectivity index (χ3v) is 5.53. The second-order valence-electron chi connectivity index (χ2n) is 4.30. The molecule has 0 aliphatic heterocycles. The summed E-state index contributed by atoms with van der Waals surface area (Å²) in [6, 6.07) is 4.67. The number of nitrogens with two attached hydrogens (primary N) is 1. The lowest BCUT2D eigenvalue weighted by Crippen LogP contribution is -2.34. The number of nitrogen functional groups attached to an aromatic ring is 1. The van der Waals surface area contributed by atoms with Crippen LogP contribution in [0.2, 0.25) is 10.0 Å². The smallest absolute Gasteiger partial charge is 0.246 e. The molecule has 1 rings (SSSR count). The summed E-state index contributed by atoms with van der Waals surface area (Å²) in [5.74, 6) is -0.434. The van der Waals surface area contributed by atoms with Crippen molar-refractivity contribution in [3.8, 4) is 6.07 Å². The van der Waals surface area contributed by atoms with Gasteiger partial charge in [0.05, 0.1) is 22.0 Å². The highest BCUT2D eigenvalue weighted by atomic mass is 35.5. The van der Waals surface area contributed by atoms with Crippen molar-refractivity contribution >= 4 is 38.9 Å². The van der Waals surface area contributed by atoms with Gasteiger partial charge in [-0.2, -0.15) is 9.57 Å². The quantitative estimate of drug-likeness (QED) is 0.838. The number of nitriles is 1. The van der Waals surface area contributed by atoms with Gasteiger partial charge < -0.3 is 5.73 Å². The predicted octanol–water partition coefficient (Wildman–Crippen LogP) is 2.75. The van der Waals surface area contributed by atoms with Crippen molar-refractivity contribution in [3.05, 3.63) is 22.2 Å². The Morgan fingerprint density at radius 3 is 2.30 bits per heavy atom. The Bertz CT molecular complexity index is 618. The van der Waals surface area contributed by atoms with Gasteiger partial charge in [-0.25, -0.2) is 8.42 Å². The van der Waals surface area contributed by atoms with Gasteiger partial charge in [-0.1, -0.05) is 30.1 Å². The number of anilines is 1. The summed E-state index contributed by atoms with van der Waals surface area (Å²) in [7, 11) is -3.87. The van der Waals surface area contributed by atoms with Crippen molar-refractivity contribution in [1.82, 2.24) is 4.31 Å². The average molecular weight is 336 g/mol. The lowest BCUT2D eigenvalue weighted by atomic mass is 10.2. The second-order valence-corrected chi connectivity index (χ2v) is 6.99. The molecule has 0 bridgehead atoms. The fraction of sp³-hybridized carbons (Fsp3) is 0.417. The van der Waals surface area contributed by atoms with Crippen LogP contribution in [-0.2, 0) is 10.0 Å². The first-order valence-corrected chi connectivity index (χ1v) is 8.07. The van der Waals surface area contributed by atoms with E-state index >= 15 is 0 Å². The average Bonchev–Trinajstić information content (AvgIpc) is 2.33. The van der Waals surface area contributed by atoms with Gasteiger partial charge in [0, 0.05) is 18.8 Å². The van der Waals surface area contributed by atoms with Crippen LogP contribution in [0, 0.1) is 17.2 Å². The molecule has 5 nitrogen and oxygen atoms in total. The maximum atomic E-state index is 12.6. The molecule has 20 heavy (non-hydrogen) atoms. The Morgan fingerprint density at radius 1 is 1.40 bits per heavy atom. The van der Waals surface area contributed by atoms with Crippen LogP contribution in [0.5, 0.6) is 0 Å². The van der Waals surface area contributed by atoms with Gasteiger partial charge in [-0.15, -0.1) is 0 Å². The minimum absolute atomic E-state index is 0.0296. The van der Waals surface area contributed by atoms with Crippen LogP contribution in [0.1, 0.15) is 13.8 Å². The van der Waals surface area contributed by atoms with Gasteiger partial charge in [-0.05, 0) is 19.1 Å². The molecule has 0 saturated carbocycles. The van der Waals surface area contributed by atoms with E-state index in [0.717, 1.165) is 0 Å². The van der Waals surface area contributed by atoms with Crippen molar-refractivity contribution in [3.63, 3.8) is 0 Å². The van der Waals surface area contributed by atoms with E-state index in [1.807, 2.05) is 6.07 Å². The van der Waals surface area contributed by atoms with Crippen molar-refractivity contribution in [2.45, 2.75) is 18.7 Å². The molecule has 110 valence electrons. The highest BCUT2D eigenvalue weighted by Crippen LogP contribution is 2.34. The summed E-state index contributed by atoms with van der Waals surface area (Å²) in [6.07, 6.45) is 0. The molecule has 0 aromatic heterocycles. The van der Waals surface area contributed by atoms with Crippen LogP contribution in [-0.4, -0.2) is 25.8 Å². The van der Waals surface area contributed by atoms with Crippen LogP contribution in [0.4, 0.5) is 5.69 Å². The van der Waals surface area contributed by atoms with E-state index in [0.29, 0.717) is 0 Å². The number of hydrogen-bond donors (Lipinski definition) is 1. The molecule has 0 aliphatic rings. The summed E-state index contributed by atoms with van der Waals surface area (Å²) in [5.41, 5.74) is 5.85. The van der Waals surface area contributed by atoms with E-state index in [-0.39, 0.29) is 33.7 Å². The van der Waals surface area contributed by atoms with E-state index in [2.05, 4.69) is 0 Å². The largest absolute Gasteiger partial charge is 0.399 e. The molecule has 0 aliphatic carbocycles. The van der Waals surface area contributed by atoms with E-state index in [1.165, 1.54) is 16.4 Å². The molecule has 0 spiro atoms. The number of sulfonamides is 1. The maximum Gasteiger partial charge on any atom is 0.246 e. The highest BCUT2D eigenvalue weighted by Gasteiger charge is 2.29. The topological polar surface area (TPSA) is 87.2 Å². The highest BCUT2D eigenvalue weighted by molar-refractivity contribution is 7.89. The minimum Gasteiger partial charge on any atom is -0.399 e. The van der Waals surface area contributed by atoms with E-state index in [1.54, 1.807) is 13.8 Å². The van der Waals surface area contributed by atoms with Gasteiger partial charge in [-0.3, -0.25) is 0 Å². The van der Waals surface area contributed by atoms with Gasteiger partial charge in [0.2, 0.25) is 10.0 Å². The summed E-state index contributed by atoms with van der Waals surface area (Å²) in [4.78, 5) is -0.179.